The Balaban J connectivity index is 1.90. The van der Waals surface area contributed by atoms with Crippen molar-refractivity contribution in [3.05, 3.63) is 42.5 Å². The molecule has 0 radical (unpaired) electrons. The highest BCUT2D eigenvalue weighted by Crippen LogP contribution is 2.38. The molecule has 4 rings (SSSR count). The standard InChI is InChI=1S/C15H15N5/c1-16-13-8-14(19-15(18-13)10-6-7-10)20-9-17-11-4-2-3-5-12(11)20/h2-5,8-10H,6-7H2,1H3,(H,16,18,19). The monoisotopic (exact) mass is 265 g/mol. The van der Waals surface area contributed by atoms with Crippen LogP contribution in [0.2, 0.25) is 0 Å². The molecule has 0 bridgehead atoms. The van der Waals surface area contributed by atoms with Crippen LogP contribution in [0.3, 0.4) is 0 Å². The minimum absolute atomic E-state index is 0.525. The molecule has 1 saturated carbocycles. The largest absolute Gasteiger partial charge is 0.373 e. The first-order valence-electron chi connectivity index (χ1n) is 6.84. The molecule has 1 aliphatic rings. The quantitative estimate of drug-likeness (QED) is 0.791. The number of nitrogens with one attached hydrogen (secondary N) is 1. The maximum atomic E-state index is 4.71. The van der Waals surface area contributed by atoms with Crippen LogP contribution >= 0.6 is 0 Å². The molecule has 0 aliphatic heterocycles. The van der Waals surface area contributed by atoms with Gasteiger partial charge in [0.1, 0.15) is 23.8 Å². The van der Waals surface area contributed by atoms with Gasteiger partial charge in [-0.25, -0.2) is 15.0 Å². The average Bonchev–Trinajstić information content (AvgIpc) is 3.26. The summed E-state index contributed by atoms with van der Waals surface area (Å²) >= 11 is 0. The van der Waals surface area contributed by atoms with Crippen molar-refractivity contribution < 1.29 is 0 Å². The molecular weight excluding hydrogens is 250 g/mol. The number of hydrogen-bond acceptors (Lipinski definition) is 4. The minimum Gasteiger partial charge on any atom is -0.373 e. The molecule has 2 heterocycles. The molecule has 1 aromatic carbocycles. The first kappa shape index (κ1) is 11.4. The lowest BCUT2D eigenvalue weighted by molar-refractivity contribution is 0.889. The molecule has 2 aromatic heterocycles. The topological polar surface area (TPSA) is 55.6 Å². The van der Waals surface area contributed by atoms with E-state index < -0.39 is 0 Å². The Morgan fingerprint density at radius 1 is 1.20 bits per heavy atom. The SMILES string of the molecule is CNc1cc(-n2cnc3ccccc32)nc(C2CC2)n1. The van der Waals surface area contributed by atoms with E-state index >= 15 is 0 Å². The van der Waals surface area contributed by atoms with Crippen molar-refractivity contribution in [2.45, 2.75) is 18.8 Å². The third-order valence-corrected chi connectivity index (χ3v) is 3.63. The predicted octanol–water partition coefficient (Wildman–Crippen LogP) is 2.73. The third-order valence-electron chi connectivity index (χ3n) is 3.63. The van der Waals surface area contributed by atoms with Crippen LogP contribution in [0, 0.1) is 0 Å². The average molecular weight is 265 g/mol. The van der Waals surface area contributed by atoms with E-state index in [-0.39, 0.29) is 0 Å². The van der Waals surface area contributed by atoms with Crippen LogP contribution in [-0.2, 0) is 0 Å². The third kappa shape index (κ3) is 1.82. The van der Waals surface area contributed by atoms with Crippen LogP contribution in [0.1, 0.15) is 24.6 Å². The van der Waals surface area contributed by atoms with Crippen LogP contribution in [0.25, 0.3) is 16.9 Å². The fourth-order valence-corrected chi connectivity index (χ4v) is 2.37. The van der Waals surface area contributed by atoms with E-state index in [1.807, 2.05) is 42.2 Å². The van der Waals surface area contributed by atoms with E-state index in [0.29, 0.717) is 5.92 Å². The van der Waals surface area contributed by atoms with Crippen LogP contribution in [-0.4, -0.2) is 26.6 Å². The van der Waals surface area contributed by atoms with Gasteiger partial charge in [-0.05, 0) is 25.0 Å². The van der Waals surface area contributed by atoms with E-state index in [9.17, 15) is 0 Å². The summed E-state index contributed by atoms with van der Waals surface area (Å²) in [6.45, 7) is 0. The van der Waals surface area contributed by atoms with E-state index in [0.717, 1.165) is 28.5 Å². The first-order valence-corrected chi connectivity index (χ1v) is 6.84. The van der Waals surface area contributed by atoms with Crippen molar-refractivity contribution in [1.29, 1.82) is 0 Å². The summed E-state index contributed by atoms with van der Waals surface area (Å²) in [5, 5.41) is 3.12. The number of rotatable bonds is 3. The highest BCUT2D eigenvalue weighted by atomic mass is 15.1. The molecule has 1 fully saturated rings. The number of aromatic nitrogens is 4. The molecule has 0 spiro atoms. The highest BCUT2D eigenvalue weighted by molar-refractivity contribution is 5.76. The molecule has 3 aromatic rings. The number of nitrogens with zero attached hydrogens (tertiary/aromatic N) is 4. The van der Waals surface area contributed by atoms with Crippen LogP contribution in [0.5, 0.6) is 0 Å². The van der Waals surface area contributed by atoms with Crippen molar-refractivity contribution >= 4 is 16.9 Å². The van der Waals surface area contributed by atoms with Crippen LogP contribution in [0.4, 0.5) is 5.82 Å². The molecule has 20 heavy (non-hydrogen) atoms. The number of para-hydroxylation sites is 2. The minimum atomic E-state index is 0.525. The van der Waals surface area contributed by atoms with Crippen molar-refractivity contribution in [2.75, 3.05) is 12.4 Å². The summed E-state index contributed by atoms with van der Waals surface area (Å²) in [6.07, 6.45) is 4.21. The van der Waals surface area contributed by atoms with Gasteiger partial charge in [0.25, 0.3) is 0 Å². The van der Waals surface area contributed by atoms with Gasteiger partial charge in [0, 0.05) is 19.0 Å². The molecule has 0 amide bonds. The summed E-state index contributed by atoms with van der Waals surface area (Å²) < 4.78 is 2.02. The van der Waals surface area contributed by atoms with Gasteiger partial charge in [-0.3, -0.25) is 4.57 Å². The molecular formula is C15H15N5. The lowest BCUT2D eigenvalue weighted by Gasteiger charge is -2.08. The van der Waals surface area contributed by atoms with Crippen molar-refractivity contribution in [2.24, 2.45) is 0 Å². The van der Waals surface area contributed by atoms with Gasteiger partial charge in [0.15, 0.2) is 0 Å². The normalized spacial score (nSPS) is 14.7. The molecule has 0 unspecified atom stereocenters. The van der Waals surface area contributed by atoms with Gasteiger partial charge in [0.05, 0.1) is 11.0 Å². The summed E-state index contributed by atoms with van der Waals surface area (Å²) in [5.41, 5.74) is 2.04. The number of anilines is 1. The Morgan fingerprint density at radius 2 is 2.05 bits per heavy atom. The fraction of sp³-hybridized carbons (Fsp3) is 0.267. The molecule has 0 saturated heterocycles. The number of fused-ring (bicyclic) bond motifs is 1. The summed E-state index contributed by atoms with van der Waals surface area (Å²) in [4.78, 5) is 13.7. The van der Waals surface area contributed by atoms with E-state index in [2.05, 4.69) is 21.4 Å². The Hall–Kier alpha value is -2.43. The van der Waals surface area contributed by atoms with Gasteiger partial charge < -0.3 is 5.32 Å². The van der Waals surface area contributed by atoms with Gasteiger partial charge in [-0.15, -0.1) is 0 Å². The molecule has 1 aliphatic carbocycles. The van der Waals surface area contributed by atoms with Gasteiger partial charge in [-0.1, -0.05) is 12.1 Å². The second-order valence-electron chi connectivity index (χ2n) is 5.10. The Kier molecular flexibility index (Phi) is 2.45. The van der Waals surface area contributed by atoms with Crippen LogP contribution in [0.15, 0.2) is 36.7 Å². The Labute approximate surface area is 116 Å². The Morgan fingerprint density at radius 3 is 2.85 bits per heavy atom. The molecule has 100 valence electrons. The lowest BCUT2D eigenvalue weighted by Crippen LogP contribution is -2.04. The zero-order valence-electron chi connectivity index (χ0n) is 11.2. The second-order valence-corrected chi connectivity index (χ2v) is 5.10. The molecule has 5 nitrogen and oxygen atoms in total. The summed E-state index contributed by atoms with van der Waals surface area (Å²) in [5.74, 6) is 3.19. The van der Waals surface area contributed by atoms with Crippen LogP contribution < -0.4 is 5.32 Å². The van der Waals surface area contributed by atoms with E-state index in [1.54, 1.807) is 0 Å². The smallest absolute Gasteiger partial charge is 0.144 e. The van der Waals surface area contributed by atoms with E-state index in [4.69, 9.17) is 4.98 Å². The van der Waals surface area contributed by atoms with E-state index in [1.165, 1.54) is 12.8 Å². The number of hydrogen-bond donors (Lipinski definition) is 1. The number of imidazole rings is 1. The van der Waals surface area contributed by atoms with Gasteiger partial charge in [0.2, 0.25) is 0 Å². The molecule has 5 heteroatoms. The first-order chi connectivity index (χ1) is 9.85. The lowest BCUT2D eigenvalue weighted by atomic mass is 10.3. The summed E-state index contributed by atoms with van der Waals surface area (Å²) in [6, 6.07) is 10.0. The fourth-order valence-electron chi connectivity index (χ4n) is 2.37. The maximum absolute atomic E-state index is 4.71. The predicted molar refractivity (Wildman–Crippen MR) is 78.2 cm³/mol. The van der Waals surface area contributed by atoms with Gasteiger partial charge in [-0.2, -0.15) is 0 Å². The van der Waals surface area contributed by atoms with Gasteiger partial charge >= 0.3 is 0 Å². The summed E-state index contributed by atoms with van der Waals surface area (Å²) in [7, 11) is 1.88. The number of benzene rings is 1. The zero-order chi connectivity index (χ0) is 13.5. The second kappa shape index (κ2) is 4.30. The highest BCUT2D eigenvalue weighted by Gasteiger charge is 2.27. The molecule has 1 N–H and O–H groups in total. The maximum Gasteiger partial charge on any atom is 0.144 e. The molecule has 0 atom stereocenters. The van der Waals surface area contributed by atoms with Crippen molar-refractivity contribution in [1.82, 2.24) is 19.5 Å². The Bertz CT molecular complexity index is 773. The van der Waals surface area contributed by atoms with Crippen molar-refractivity contribution in [3.63, 3.8) is 0 Å². The zero-order valence-corrected chi connectivity index (χ0v) is 11.2. The van der Waals surface area contributed by atoms with Crippen molar-refractivity contribution in [3.8, 4) is 5.82 Å².